The summed E-state index contributed by atoms with van der Waals surface area (Å²) in [6.45, 7) is 0.417. The molecule has 0 bridgehead atoms. The molecule has 150 valence electrons. The van der Waals surface area contributed by atoms with Crippen LogP contribution in [-0.2, 0) is 16.6 Å². The highest BCUT2D eigenvalue weighted by Crippen LogP contribution is 2.21. The van der Waals surface area contributed by atoms with Crippen LogP contribution in [0.2, 0.25) is 5.02 Å². The van der Waals surface area contributed by atoms with Gasteiger partial charge in [-0.25, -0.2) is 17.9 Å². The molecule has 1 fully saturated rings. The number of urea groups is 1. The summed E-state index contributed by atoms with van der Waals surface area (Å²) in [4.78, 5) is 12.5. The zero-order chi connectivity index (χ0) is 20.0. The lowest BCUT2D eigenvalue weighted by atomic mass is 9.91. The third-order valence-electron chi connectivity index (χ3n) is 4.81. The minimum absolute atomic E-state index is 0.162. The molecule has 28 heavy (non-hydrogen) atoms. The Kier molecular flexibility index (Phi) is 6.93. The molecule has 0 aliphatic heterocycles. The van der Waals surface area contributed by atoms with Gasteiger partial charge in [0.05, 0.1) is 4.90 Å². The Bertz CT molecular complexity index is 889. The standard InChI is InChI=1S/C20H24ClN3O3S/c21-16-10-12-17(13-11-16)28(26,27)24-19-9-5-4-8-18(19)23-20(25)22-14-15-6-2-1-3-7-15/h1-3,6-7,10-13,18-19,24H,4-5,8-9,14H2,(H2,22,23,25). The van der Waals surface area contributed by atoms with Crippen molar-refractivity contribution in [3.63, 3.8) is 0 Å². The van der Waals surface area contributed by atoms with E-state index in [9.17, 15) is 13.2 Å². The van der Waals surface area contributed by atoms with Crippen LogP contribution in [0.5, 0.6) is 0 Å². The average molecular weight is 422 g/mol. The van der Waals surface area contributed by atoms with Gasteiger partial charge in [0.15, 0.2) is 0 Å². The van der Waals surface area contributed by atoms with Crippen LogP contribution in [0.4, 0.5) is 4.79 Å². The van der Waals surface area contributed by atoms with Crippen LogP contribution in [0.1, 0.15) is 31.2 Å². The van der Waals surface area contributed by atoms with E-state index in [1.165, 1.54) is 12.1 Å². The van der Waals surface area contributed by atoms with Crippen molar-refractivity contribution in [3.8, 4) is 0 Å². The summed E-state index contributed by atoms with van der Waals surface area (Å²) < 4.78 is 28.1. The summed E-state index contributed by atoms with van der Waals surface area (Å²) in [5.74, 6) is 0. The number of amides is 2. The predicted octanol–water partition coefficient (Wildman–Crippen LogP) is 3.43. The van der Waals surface area contributed by atoms with Gasteiger partial charge in [-0.15, -0.1) is 0 Å². The van der Waals surface area contributed by atoms with Gasteiger partial charge in [-0.2, -0.15) is 0 Å². The first-order chi connectivity index (χ1) is 13.4. The zero-order valence-corrected chi connectivity index (χ0v) is 17.0. The second-order valence-electron chi connectivity index (χ2n) is 6.89. The molecule has 8 heteroatoms. The summed E-state index contributed by atoms with van der Waals surface area (Å²) in [6, 6.07) is 14.7. The molecule has 0 spiro atoms. The van der Waals surface area contributed by atoms with Crippen molar-refractivity contribution in [1.29, 1.82) is 0 Å². The van der Waals surface area contributed by atoms with Gasteiger partial charge >= 0.3 is 6.03 Å². The fraction of sp³-hybridized carbons (Fsp3) is 0.350. The Labute approximate surface area is 170 Å². The van der Waals surface area contributed by atoms with Gasteiger partial charge in [0.2, 0.25) is 10.0 Å². The van der Waals surface area contributed by atoms with Crippen LogP contribution in [0, 0.1) is 0 Å². The maximum atomic E-state index is 12.7. The number of rotatable bonds is 6. The molecule has 2 aromatic rings. The first-order valence-electron chi connectivity index (χ1n) is 9.30. The Balaban J connectivity index is 1.60. The fourth-order valence-corrected chi connectivity index (χ4v) is 4.76. The van der Waals surface area contributed by atoms with Gasteiger partial charge in [-0.3, -0.25) is 0 Å². The van der Waals surface area contributed by atoms with E-state index in [1.807, 2.05) is 30.3 Å². The molecule has 1 saturated carbocycles. The quantitative estimate of drug-likeness (QED) is 0.667. The second kappa shape index (κ2) is 9.41. The topological polar surface area (TPSA) is 87.3 Å². The second-order valence-corrected chi connectivity index (χ2v) is 9.04. The fourth-order valence-electron chi connectivity index (χ4n) is 3.32. The smallest absolute Gasteiger partial charge is 0.315 e. The van der Waals surface area contributed by atoms with E-state index < -0.39 is 10.0 Å². The van der Waals surface area contributed by atoms with Crippen LogP contribution in [0.3, 0.4) is 0 Å². The van der Waals surface area contributed by atoms with Gasteiger partial charge in [0, 0.05) is 23.7 Å². The molecule has 0 saturated heterocycles. The Morgan fingerprint density at radius 2 is 1.61 bits per heavy atom. The molecule has 1 aliphatic rings. The van der Waals surface area contributed by atoms with Crippen LogP contribution in [-0.4, -0.2) is 26.5 Å². The molecule has 2 unspecified atom stereocenters. The SMILES string of the molecule is O=C(NCc1ccccc1)NC1CCCCC1NS(=O)(=O)c1ccc(Cl)cc1. The first kappa shape index (κ1) is 20.6. The zero-order valence-electron chi connectivity index (χ0n) is 15.4. The Morgan fingerprint density at radius 3 is 2.29 bits per heavy atom. The van der Waals surface area contributed by atoms with E-state index in [-0.39, 0.29) is 23.0 Å². The van der Waals surface area contributed by atoms with Crippen LogP contribution in [0.15, 0.2) is 59.5 Å². The van der Waals surface area contributed by atoms with Crippen molar-refractivity contribution in [3.05, 3.63) is 65.2 Å². The average Bonchev–Trinajstić information content (AvgIpc) is 2.69. The summed E-state index contributed by atoms with van der Waals surface area (Å²) in [5.41, 5.74) is 1.00. The van der Waals surface area contributed by atoms with Gasteiger partial charge < -0.3 is 10.6 Å². The molecule has 0 aromatic heterocycles. The molecule has 3 N–H and O–H groups in total. The minimum atomic E-state index is -3.68. The van der Waals surface area contributed by atoms with Crippen LogP contribution in [0.25, 0.3) is 0 Å². The molecule has 0 radical (unpaired) electrons. The molecule has 2 atom stereocenters. The summed E-state index contributed by atoms with van der Waals surface area (Å²) in [7, 11) is -3.68. The monoisotopic (exact) mass is 421 g/mol. The largest absolute Gasteiger partial charge is 0.334 e. The van der Waals surface area contributed by atoms with Crippen molar-refractivity contribution in [2.45, 2.75) is 49.2 Å². The van der Waals surface area contributed by atoms with Crippen molar-refractivity contribution >= 4 is 27.7 Å². The van der Waals surface area contributed by atoms with E-state index >= 15 is 0 Å². The molecular formula is C20H24ClN3O3S. The normalized spacial score (nSPS) is 19.8. The molecule has 2 aromatic carbocycles. The highest BCUT2D eigenvalue weighted by molar-refractivity contribution is 7.89. The molecule has 1 aliphatic carbocycles. The Hall–Kier alpha value is -2.09. The highest BCUT2D eigenvalue weighted by Gasteiger charge is 2.30. The van der Waals surface area contributed by atoms with Crippen molar-refractivity contribution in [2.24, 2.45) is 0 Å². The minimum Gasteiger partial charge on any atom is -0.334 e. The lowest BCUT2D eigenvalue weighted by Crippen LogP contribution is -2.54. The van der Waals surface area contributed by atoms with Gasteiger partial charge in [-0.1, -0.05) is 54.8 Å². The number of hydrogen-bond donors (Lipinski definition) is 3. The van der Waals surface area contributed by atoms with Crippen LogP contribution < -0.4 is 15.4 Å². The first-order valence-corrected chi connectivity index (χ1v) is 11.2. The predicted molar refractivity (Wildman–Crippen MR) is 110 cm³/mol. The summed E-state index contributed by atoms with van der Waals surface area (Å²) in [6.07, 6.45) is 3.27. The van der Waals surface area contributed by atoms with E-state index in [0.717, 1.165) is 24.8 Å². The van der Waals surface area contributed by atoms with Gasteiger partial charge in [0.1, 0.15) is 0 Å². The number of carbonyl (C=O) groups is 1. The van der Waals surface area contributed by atoms with E-state index in [2.05, 4.69) is 15.4 Å². The van der Waals surface area contributed by atoms with Gasteiger partial charge in [-0.05, 0) is 42.7 Å². The maximum Gasteiger partial charge on any atom is 0.315 e. The molecule has 2 amide bonds. The lowest BCUT2D eigenvalue weighted by Gasteiger charge is -2.32. The number of sulfonamides is 1. The number of hydrogen-bond acceptors (Lipinski definition) is 3. The summed E-state index contributed by atoms with van der Waals surface area (Å²) in [5, 5.41) is 6.23. The highest BCUT2D eigenvalue weighted by atomic mass is 35.5. The van der Waals surface area contributed by atoms with Crippen molar-refractivity contribution in [2.75, 3.05) is 0 Å². The molecule has 3 rings (SSSR count). The number of nitrogens with one attached hydrogen (secondary N) is 3. The van der Waals surface area contributed by atoms with E-state index in [1.54, 1.807) is 12.1 Å². The number of halogens is 1. The van der Waals surface area contributed by atoms with Crippen molar-refractivity contribution in [1.82, 2.24) is 15.4 Å². The Morgan fingerprint density at radius 1 is 0.964 bits per heavy atom. The van der Waals surface area contributed by atoms with Crippen molar-refractivity contribution < 1.29 is 13.2 Å². The van der Waals surface area contributed by atoms with E-state index in [4.69, 9.17) is 11.6 Å². The lowest BCUT2D eigenvalue weighted by molar-refractivity contribution is 0.227. The summed E-state index contributed by atoms with van der Waals surface area (Å²) >= 11 is 5.84. The van der Waals surface area contributed by atoms with E-state index in [0.29, 0.717) is 18.0 Å². The van der Waals surface area contributed by atoms with Gasteiger partial charge in [0.25, 0.3) is 0 Å². The van der Waals surface area contributed by atoms with Crippen LogP contribution >= 0.6 is 11.6 Å². The third-order valence-corrected chi connectivity index (χ3v) is 6.57. The molecule has 0 heterocycles. The number of carbonyl (C=O) groups excluding carboxylic acids is 1. The number of benzene rings is 2. The molecular weight excluding hydrogens is 398 g/mol. The maximum absolute atomic E-state index is 12.7. The molecule has 6 nitrogen and oxygen atoms in total. The third kappa shape index (κ3) is 5.70.